The van der Waals surface area contributed by atoms with E-state index >= 15 is 0 Å². The van der Waals surface area contributed by atoms with Gasteiger partial charge in [0.1, 0.15) is 17.9 Å². The fourth-order valence-electron chi connectivity index (χ4n) is 3.98. The first kappa shape index (κ1) is 23.6. The van der Waals surface area contributed by atoms with Gasteiger partial charge >= 0.3 is 5.97 Å². The molecule has 1 unspecified atom stereocenters. The summed E-state index contributed by atoms with van der Waals surface area (Å²) in [7, 11) is 0. The number of carbonyl (C=O) groups is 3. The molecule has 1 aromatic rings. The van der Waals surface area contributed by atoms with Crippen LogP contribution >= 0.6 is 15.9 Å². The molecular formula is C23H31BrN2O5. The van der Waals surface area contributed by atoms with E-state index in [1.54, 1.807) is 18.2 Å². The lowest BCUT2D eigenvalue weighted by Gasteiger charge is -2.35. The van der Waals surface area contributed by atoms with Gasteiger partial charge in [-0.15, -0.1) is 0 Å². The third-order valence-corrected chi connectivity index (χ3v) is 6.36. The van der Waals surface area contributed by atoms with E-state index in [2.05, 4.69) is 28.2 Å². The number of hydrogen-bond acceptors (Lipinski definition) is 5. The van der Waals surface area contributed by atoms with E-state index in [0.717, 1.165) is 38.5 Å². The van der Waals surface area contributed by atoms with Crippen LogP contribution in [0.15, 0.2) is 22.7 Å². The largest absolute Gasteiger partial charge is 0.492 e. The average molecular weight is 495 g/mol. The zero-order valence-electron chi connectivity index (χ0n) is 18.0. The topological polar surface area (TPSA) is 84.9 Å². The van der Waals surface area contributed by atoms with Crippen molar-refractivity contribution in [2.75, 3.05) is 19.7 Å². The fraction of sp³-hybridized carbons (Fsp3) is 0.609. The van der Waals surface area contributed by atoms with Crippen molar-refractivity contribution in [3.8, 4) is 5.75 Å². The van der Waals surface area contributed by atoms with Crippen LogP contribution in [0.5, 0.6) is 5.75 Å². The molecule has 7 nitrogen and oxygen atoms in total. The van der Waals surface area contributed by atoms with E-state index in [4.69, 9.17) is 9.47 Å². The van der Waals surface area contributed by atoms with Gasteiger partial charge in [-0.05, 0) is 66.2 Å². The summed E-state index contributed by atoms with van der Waals surface area (Å²) in [6, 6.07) is 4.28. The zero-order valence-corrected chi connectivity index (χ0v) is 19.6. The molecule has 170 valence electrons. The molecule has 0 radical (unpaired) electrons. The van der Waals surface area contributed by atoms with E-state index in [0.29, 0.717) is 35.5 Å². The van der Waals surface area contributed by atoms with E-state index in [1.165, 1.54) is 11.3 Å². The number of hydrogen-bond donors (Lipinski definition) is 1. The van der Waals surface area contributed by atoms with Crippen LogP contribution in [0.1, 0.15) is 68.6 Å². The lowest BCUT2D eigenvalue weighted by Crippen LogP contribution is -2.58. The van der Waals surface area contributed by atoms with Crippen molar-refractivity contribution in [1.82, 2.24) is 10.2 Å². The number of nitrogens with zero attached hydrogens (tertiary/aromatic N) is 1. The Bertz CT molecular complexity index is 794. The summed E-state index contributed by atoms with van der Waals surface area (Å²) in [5.41, 5.74) is 0.440. The number of amides is 2. The molecule has 2 fully saturated rings. The van der Waals surface area contributed by atoms with E-state index in [-0.39, 0.29) is 24.3 Å². The number of halogens is 1. The fourth-order valence-corrected chi connectivity index (χ4v) is 4.47. The van der Waals surface area contributed by atoms with Crippen LogP contribution in [0.25, 0.3) is 0 Å². The quantitative estimate of drug-likeness (QED) is 0.438. The number of piperazine rings is 1. The Kier molecular flexibility index (Phi) is 8.75. The van der Waals surface area contributed by atoms with Gasteiger partial charge in [0.05, 0.1) is 17.5 Å². The van der Waals surface area contributed by atoms with Crippen LogP contribution in [0.2, 0.25) is 0 Å². The van der Waals surface area contributed by atoms with Gasteiger partial charge in [-0.1, -0.05) is 19.8 Å². The molecule has 3 rings (SSSR count). The zero-order chi connectivity index (χ0) is 22.2. The van der Waals surface area contributed by atoms with Crippen LogP contribution in [0.4, 0.5) is 0 Å². The molecule has 0 bridgehead atoms. The third kappa shape index (κ3) is 6.45. The second-order valence-corrected chi connectivity index (χ2v) is 8.96. The molecule has 2 aliphatic rings. The predicted molar refractivity (Wildman–Crippen MR) is 120 cm³/mol. The lowest BCUT2D eigenvalue weighted by atomic mass is 9.98. The molecule has 1 saturated heterocycles. The number of benzene rings is 1. The number of rotatable bonds is 8. The van der Waals surface area contributed by atoms with Crippen molar-refractivity contribution in [3.63, 3.8) is 0 Å². The first-order valence-electron chi connectivity index (χ1n) is 11.2. The molecule has 1 aliphatic carbocycles. The minimum Gasteiger partial charge on any atom is -0.492 e. The lowest BCUT2D eigenvalue weighted by molar-refractivity contribution is -0.153. The highest BCUT2D eigenvalue weighted by Gasteiger charge is 2.36. The van der Waals surface area contributed by atoms with Gasteiger partial charge < -0.3 is 19.7 Å². The van der Waals surface area contributed by atoms with Gasteiger partial charge in [0.15, 0.2) is 0 Å². The minimum atomic E-state index is -0.864. The number of ether oxygens (including phenoxy) is 2. The summed E-state index contributed by atoms with van der Waals surface area (Å²) in [5.74, 6) is -0.355. The van der Waals surface area contributed by atoms with Crippen molar-refractivity contribution in [2.45, 2.75) is 70.4 Å². The molecule has 1 atom stereocenters. The van der Waals surface area contributed by atoms with Gasteiger partial charge in [0.2, 0.25) is 5.91 Å². The summed E-state index contributed by atoms with van der Waals surface area (Å²) in [6.45, 7) is 3.41. The highest BCUT2D eigenvalue weighted by Crippen LogP contribution is 2.28. The highest BCUT2D eigenvalue weighted by molar-refractivity contribution is 9.10. The summed E-state index contributed by atoms with van der Waals surface area (Å²) in [5, 5.41) is 2.76. The van der Waals surface area contributed by atoms with Crippen molar-refractivity contribution < 1.29 is 23.9 Å². The molecule has 31 heavy (non-hydrogen) atoms. The van der Waals surface area contributed by atoms with E-state index < -0.39 is 12.0 Å². The SMILES string of the molecule is CCCCOc1ccc(C(=O)N2CCNC(=O)C2CC(=O)OC2CCCCC2)cc1Br. The van der Waals surface area contributed by atoms with Crippen molar-refractivity contribution in [3.05, 3.63) is 28.2 Å². The van der Waals surface area contributed by atoms with Gasteiger partial charge in [-0.25, -0.2) is 0 Å². The van der Waals surface area contributed by atoms with Crippen LogP contribution in [0, 0.1) is 0 Å². The Labute approximate surface area is 192 Å². The normalized spacial score (nSPS) is 19.6. The van der Waals surface area contributed by atoms with E-state index in [1.807, 2.05) is 0 Å². The average Bonchev–Trinajstić information content (AvgIpc) is 2.76. The third-order valence-electron chi connectivity index (χ3n) is 5.74. The molecule has 1 aliphatic heterocycles. The smallest absolute Gasteiger partial charge is 0.308 e. The molecule has 2 amide bonds. The first-order chi connectivity index (χ1) is 15.0. The van der Waals surface area contributed by atoms with Crippen molar-refractivity contribution in [1.29, 1.82) is 0 Å². The Hall–Kier alpha value is -2.09. The maximum absolute atomic E-state index is 13.2. The van der Waals surface area contributed by atoms with Gasteiger partial charge in [-0.2, -0.15) is 0 Å². The second kappa shape index (κ2) is 11.5. The Morgan fingerprint density at radius 2 is 2.00 bits per heavy atom. The number of esters is 1. The maximum Gasteiger partial charge on any atom is 0.308 e. The van der Waals surface area contributed by atoms with Gasteiger partial charge in [0, 0.05) is 18.7 Å². The van der Waals surface area contributed by atoms with Crippen LogP contribution in [-0.4, -0.2) is 54.5 Å². The summed E-state index contributed by atoms with van der Waals surface area (Å²) >= 11 is 3.46. The Morgan fingerprint density at radius 3 is 2.71 bits per heavy atom. The molecule has 1 N–H and O–H groups in total. The van der Waals surface area contributed by atoms with Gasteiger partial charge in [-0.3, -0.25) is 14.4 Å². The monoisotopic (exact) mass is 494 g/mol. The highest BCUT2D eigenvalue weighted by atomic mass is 79.9. The minimum absolute atomic E-state index is 0.0757. The van der Waals surface area contributed by atoms with Crippen LogP contribution in [-0.2, 0) is 14.3 Å². The molecule has 1 heterocycles. The summed E-state index contributed by atoms with van der Waals surface area (Å²) < 4.78 is 12.0. The van der Waals surface area contributed by atoms with Crippen LogP contribution in [0.3, 0.4) is 0 Å². The van der Waals surface area contributed by atoms with Crippen molar-refractivity contribution >= 4 is 33.7 Å². The first-order valence-corrected chi connectivity index (χ1v) is 12.0. The Morgan fingerprint density at radius 1 is 1.23 bits per heavy atom. The standard InChI is InChI=1S/C23H31BrN2O5/c1-2-3-13-30-20-10-9-16(14-18(20)24)23(29)26-12-11-25-22(28)19(26)15-21(27)31-17-7-5-4-6-8-17/h9-10,14,17,19H,2-8,11-13,15H2,1H3,(H,25,28). The number of unbranched alkanes of at least 4 members (excludes halogenated alkanes) is 1. The maximum atomic E-state index is 13.2. The summed E-state index contributed by atoms with van der Waals surface area (Å²) in [6.07, 6.45) is 6.79. The number of carbonyl (C=O) groups excluding carboxylic acids is 3. The molecule has 1 aromatic carbocycles. The molecule has 1 saturated carbocycles. The molecule has 0 aromatic heterocycles. The molecule has 8 heteroatoms. The number of nitrogens with one attached hydrogen (secondary N) is 1. The Balaban J connectivity index is 1.66. The van der Waals surface area contributed by atoms with Crippen LogP contribution < -0.4 is 10.1 Å². The van der Waals surface area contributed by atoms with Crippen molar-refractivity contribution in [2.24, 2.45) is 0 Å². The van der Waals surface area contributed by atoms with Gasteiger partial charge in [0.25, 0.3) is 5.91 Å². The molecular weight excluding hydrogens is 464 g/mol. The summed E-state index contributed by atoms with van der Waals surface area (Å²) in [4.78, 5) is 39.6. The van der Waals surface area contributed by atoms with E-state index in [9.17, 15) is 14.4 Å². The second-order valence-electron chi connectivity index (χ2n) is 8.11. The molecule has 0 spiro atoms. The predicted octanol–water partition coefficient (Wildman–Crippen LogP) is 3.83.